The minimum atomic E-state index is -0.215. The Hall–Kier alpha value is -3.34. The van der Waals surface area contributed by atoms with Crippen LogP contribution >= 0.6 is 0 Å². The van der Waals surface area contributed by atoms with Crippen molar-refractivity contribution in [3.8, 4) is 0 Å². The summed E-state index contributed by atoms with van der Waals surface area (Å²) in [6.45, 7) is 0.662. The lowest BCUT2D eigenvalue weighted by atomic mass is 10.0. The van der Waals surface area contributed by atoms with Crippen LogP contribution in [0.2, 0.25) is 0 Å². The van der Waals surface area contributed by atoms with Crippen LogP contribution in [-0.2, 0) is 16.0 Å². The van der Waals surface area contributed by atoms with Gasteiger partial charge in [-0.2, -0.15) is 0 Å². The Morgan fingerprint density at radius 1 is 1.03 bits per heavy atom. The molecule has 146 valence electrons. The van der Waals surface area contributed by atoms with Crippen LogP contribution in [0.25, 0.3) is 10.8 Å². The van der Waals surface area contributed by atoms with Gasteiger partial charge < -0.3 is 15.5 Å². The van der Waals surface area contributed by atoms with E-state index in [1.54, 1.807) is 0 Å². The predicted molar refractivity (Wildman–Crippen MR) is 115 cm³/mol. The van der Waals surface area contributed by atoms with Gasteiger partial charge in [-0.3, -0.25) is 9.59 Å². The van der Waals surface area contributed by atoms with E-state index in [1.165, 1.54) is 16.3 Å². The van der Waals surface area contributed by atoms with E-state index in [-0.39, 0.29) is 23.9 Å². The molecule has 2 atom stereocenters. The summed E-state index contributed by atoms with van der Waals surface area (Å²) < 4.78 is 0. The molecule has 0 bridgehead atoms. The van der Waals surface area contributed by atoms with Crippen LogP contribution in [0.15, 0.2) is 66.7 Å². The second-order valence-corrected chi connectivity index (χ2v) is 7.81. The Morgan fingerprint density at radius 3 is 2.76 bits per heavy atom. The molecule has 0 spiro atoms. The molecule has 2 unspecified atom stereocenters. The van der Waals surface area contributed by atoms with Crippen molar-refractivity contribution in [2.75, 3.05) is 16.8 Å². The number of hydrogen-bond donors (Lipinski definition) is 2. The van der Waals surface area contributed by atoms with Gasteiger partial charge in [-0.25, -0.2) is 0 Å². The number of aryl methyl sites for hydroxylation is 1. The monoisotopic (exact) mass is 385 g/mol. The van der Waals surface area contributed by atoms with E-state index in [0.29, 0.717) is 25.8 Å². The van der Waals surface area contributed by atoms with Crippen LogP contribution in [-0.4, -0.2) is 30.4 Å². The fourth-order valence-electron chi connectivity index (χ4n) is 4.56. The van der Waals surface area contributed by atoms with Crippen LogP contribution < -0.4 is 15.5 Å². The number of nitrogens with zero attached hydrogens (tertiary/aromatic N) is 1. The normalized spacial score (nSPS) is 20.1. The maximum absolute atomic E-state index is 12.6. The zero-order valence-corrected chi connectivity index (χ0v) is 16.1. The second kappa shape index (κ2) is 7.24. The molecule has 1 fully saturated rings. The summed E-state index contributed by atoms with van der Waals surface area (Å²) in [6, 6.07) is 22.1. The molecule has 0 aromatic heterocycles. The third-order valence-electron chi connectivity index (χ3n) is 5.94. The number of carbonyl (C=O) groups is 2. The highest BCUT2D eigenvalue weighted by Gasteiger charge is 2.41. The van der Waals surface area contributed by atoms with E-state index >= 15 is 0 Å². The zero-order valence-electron chi connectivity index (χ0n) is 16.1. The number of carbonyl (C=O) groups excluding carboxylic acids is 2. The summed E-state index contributed by atoms with van der Waals surface area (Å²) in [5.74, 6) is 0.0488. The Kier molecular flexibility index (Phi) is 4.43. The Morgan fingerprint density at radius 2 is 1.83 bits per heavy atom. The summed E-state index contributed by atoms with van der Waals surface area (Å²) in [6.07, 6.45) is 1.79. The molecule has 5 heteroatoms. The molecule has 29 heavy (non-hydrogen) atoms. The molecule has 2 amide bonds. The summed E-state index contributed by atoms with van der Waals surface area (Å²) in [5, 5.41) is 8.52. The molecule has 2 aliphatic rings. The van der Waals surface area contributed by atoms with E-state index in [1.807, 2.05) is 42.5 Å². The lowest BCUT2D eigenvalue weighted by molar-refractivity contribution is -0.122. The van der Waals surface area contributed by atoms with Gasteiger partial charge in [0, 0.05) is 19.0 Å². The molecular formula is C24H23N3O2. The van der Waals surface area contributed by atoms with Gasteiger partial charge in [0.05, 0.1) is 11.4 Å². The van der Waals surface area contributed by atoms with E-state index in [4.69, 9.17) is 0 Å². The first-order valence-corrected chi connectivity index (χ1v) is 10.1. The molecule has 3 aromatic rings. The van der Waals surface area contributed by atoms with Gasteiger partial charge in [0.15, 0.2) is 0 Å². The zero-order chi connectivity index (χ0) is 19.8. The number of hydrogen-bond acceptors (Lipinski definition) is 3. The summed E-state index contributed by atoms with van der Waals surface area (Å²) >= 11 is 0. The highest BCUT2D eigenvalue weighted by Crippen LogP contribution is 2.36. The smallest absolute Gasteiger partial charge is 0.247 e. The molecule has 5 nitrogen and oxygen atoms in total. The molecule has 0 aliphatic carbocycles. The fourth-order valence-corrected chi connectivity index (χ4v) is 4.56. The standard InChI is InChI=1S/C24H23N3O2/c28-23(13-12-17-8-5-7-16-6-1-2-9-19(16)17)25-18-14-22-24(29)26-20-10-3-4-11-21(20)27(22)15-18/h1-11,18,22H,12-15H2,(H,25,28)(H,26,29). The van der Waals surface area contributed by atoms with E-state index in [0.717, 1.165) is 11.4 Å². The van der Waals surface area contributed by atoms with Crippen molar-refractivity contribution < 1.29 is 9.59 Å². The van der Waals surface area contributed by atoms with Gasteiger partial charge in [0.1, 0.15) is 6.04 Å². The van der Waals surface area contributed by atoms with Gasteiger partial charge in [0.2, 0.25) is 11.8 Å². The minimum absolute atomic E-state index is 0.0104. The molecule has 2 N–H and O–H groups in total. The summed E-state index contributed by atoms with van der Waals surface area (Å²) in [5.41, 5.74) is 3.07. The van der Waals surface area contributed by atoms with Crippen LogP contribution in [0, 0.1) is 0 Å². The summed E-state index contributed by atoms with van der Waals surface area (Å²) in [7, 11) is 0. The lowest BCUT2D eigenvalue weighted by Gasteiger charge is -2.32. The molecular weight excluding hydrogens is 362 g/mol. The first-order valence-electron chi connectivity index (χ1n) is 10.1. The van der Waals surface area contributed by atoms with Gasteiger partial charge in [-0.1, -0.05) is 54.6 Å². The average Bonchev–Trinajstić information content (AvgIpc) is 3.17. The van der Waals surface area contributed by atoms with E-state index in [2.05, 4.69) is 39.8 Å². The van der Waals surface area contributed by atoms with Crippen LogP contribution in [0.4, 0.5) is 11.4 Å². The van der Waals surface area contributed by atoms with Gasteiger partial charge in [-0.05, 0) is 41.3 Å². The first kappa shape index (κ1) is 17.7. The van der Waals surface area contributed by atoms with Crippen LogP contribution in [0.3, 0.4) is 0 Å². The third kappa shape index (κ3) is 3.33. The van der Waals surface area contributed by atoms with Crippen molar-refractivity contribution in [3.05, 3.63) is 72.3 Å². The van der Waals surface area contributed by atoms with Crippen LogP contribution in [0.1, 0.15) is 18.4 Å². The Bertz CT molecular complexity index is 1090. The fraction of sp³-hybridized carbons (Fsp3) is 0.250. The van der Waals surface area contributed by atoms with E-state index < -0.39 is 0 Å². The Labute approximate surface area is 169 Å². The molecule has 2 heterocycles. The lowest BCUT2D eigenvalue weighted by Crippen LogP contribution is -2.44. The number of benzene rings is 3. The van der Waals surface area contributed by atoms with Crippen molar-refractivity contribution in [2.24, 2.45) is 0 Å². The van der Waals surface area contributed by atoms with Crippen molar-refractivity contribution in [1.29, 1.82) is 0 Å². The minimum Gasteiger partial charge on any atom is -0.356 e. The quantitative estimate of drug-likeness (QED) is 0.723. The number of rotatable bonds is 4. The molecule has 0 saturated carbocycles. The largest absolute Gasteiger partial charge is 0.356 e. The number of amides is 2. The number of para-hydroxylation sites is 2. The second-order valence-electron chi connectivity index (χ2n) is 7.81. The predicted octanol–water partition coefficient (Wildman–Crippen LogP) is 3.49. The number of anilines is 2. The first-order chi connectivity index (χ1) is 14.2. The highest BCUT2D eigenvalue weighted by molar-refractivity contribution is 6.04. The SMILES string of the molecule is O=C(CCc1cccc2ccccc12)NC1CC2C(=O)Nc3ccccc3N2C1. The molecule has 0 radical (unpaired) electrons. The topological polar surface area (TPSA) is 61.4 Å². The maximum atomic E-state index is 12.6. The third-order valence-corrected chi connectivity index (χ3v) is 5.94. The van der Waals surface area contributed by atoms with E-state index in [9.17, 15) is 9.59 Å². The van der Waals surface area contributed by atoms with Gasteiger partial charge in [0.25, 0.3) is 0 Å². The van der Waals surface area contributed by atoms with Gasteiger partial charge >= 0.3 is 0 Å². The van der Waals surface area contributed by atoms with Crippen molar-refractivity contribution >= 4 is 34.0 Å². The average molecular weight is 385 g/mol. The maximum Gasteiger partial charge on any atom is 0.247 e. The van der Waals surface area contributed by atoms with Crippen LogP contribution in [0.5, 0.6) is 0 Å². The summed E-state index contributed by atoms with van der Waals surface area (Å²) in [4.78, 5) is 27.2. The van der Waals surface area contributed by atoms with Crippen molar-refractivity contribution in [3.63, 3.8) is 0 Å². The molecule has 3 aromatic carbocycles. The van der Waals surface area contributed by atoms with Crippen molar-refractivity contribution in [1.82, 2.24) is 5.32 Å². The molecule has 5 rings (SSSR count). The number of nitrogens with one attached hydrogen (secondary N) is 2. The van der Waals surface area contributed by atoms with Crippen molar-refractivity contribution in [2.45, 2.75) is 31.3 Å². The highest BCUT2D eigenvalue weighted by atomic mass is 16.2. The molecule has 1 saturated heterocycles. The Balaban J connectivity index is 1.24. The molecule has 2 aliphatic heterocycles. The number of fused-ring (bicyclic) bond motifs is 4. The van der Waals surface area contributed by atoms with Gasteiger partial charge in [-0.15, -0.1) is 0 Å².